The molecular weight excluding hydrogens is 216 g/mol. The third-order valence-electron chi connectivity index (χ3n) is 2.55. The number of aromatic nitrogens is 3. The summed E-state index contributed by atoms with van der Waals surface area (Å²) in [7, 11) is 0. The monoisotopic (exact) mass is 240 g/mol. The number of hydrogen-bond donors (Lipinski definition) is 1. The van der Waals surface area contributed by atoms with Gasteiger partial charge >= 0.3 is 0 Å². The number of hydrogen-bond acceptors (Lipinski definition) is 4. The van der Waals surface area contributed by atoms with Gasteiger partial charge in [0.2, 0.25) is 0 Å². The minimum absolute atomic E-state index is 0.193. The van der Waals surface area contributed by atoms with Crippen LogP contribution >= 0.6 is 0 Å². The summed E-state index contributed by atoms with van der Waals surface area (Å²) in [5, 5.41) is 13.3. The second-order valence-electron chi connectivity index (χ2n) is 4.75. The van der Waals surface area contributed by atoms with E-state index in [9.17, 15) is 0 Å². The smallest absolute Gasteiger partial charge is 0.141 e. The van der Waals surface area contributed by atoms with Gasteiger partial charge in [0.05, 0.1) is 13.2 Å². The van der Waals surface area contributed by atoms with E-state index >= 15 is 0 Å². The zero-order valence-electron chi connectivity index (χ0n) is 11.1. The minimum Gasteiger partial charge on any atom is -0.395 e. The molecule has 5 nitrogen and oxygen atoms in total. The highest BCUT2D eigenvalue weighted by atomic mass is 16.3. The Morgan fingerprint density at radius 3 is 2.76 bits per heavy atom. The maximum atomic E-state index is 9.02. The third-order valence-corrected chi connectivity index (χ3v) is 2.55. The lowest BCUT2D eigenvalue weighted by Crippen LogP contribution is -2.29. The SMILES string of the molecule is CCCN(CCO)Cc1ncnn1CC(C)C. The van der Waals surface area contributed by atoms with Crippen molar-refractivity contribution in [1.82, 2.24) is 19.7 Å². The van der Waals surface area contributed by atoms with Crippen molar-refractivity contribution >= 4 is 0 Å². The van der Waals surface area contributed by atoms with Crippen molar-refractivity contribution in [2.75, 3.05) is 19.7 Å². The van der Waals surface area contributed by atoms with Crippen molar-refractivity contribution in [3.05, 3.63) is 12.2 Å². The van der Waals surface area contributed by atoms with Crippen LogP contribution < -0.4 is 0 Å². The Kier molecular flexibility index (Phi) is 6.15. The summed E-state index contributed by atoms with van der Waals surface area (Å²) in [5.74, 6) is 1.55. The molecule has 0 aromatic carbocycles. The van der Waals surface area contributed by atoms with Crippen molar-refractivity contribution in [3.8, 4) is 0 Å². The topological polar surface area (TPSA) is 54.2 Å². The molecule has 0 spiro atoms. The van der Waals surface area contributed by atoms with Gasteiger partial charge in [0.1, 0.15) is 12.2 Å². The van der Waals surface area contributed by atoms with E-state index in [1.54, 1.807) is 6.33 Å². The lowest BCUT2D eigenvalue weighted by atomic mass is 10.2. The summed E-state index contributed by atoms with van der Waals surface area (Å²) in [6, 6.07) is 0. The van der Waals surface area contributed by atoms with Crippen LogP contribution in [0.25, 0.3) is 0 Å². The lowest BCUT2D eigenvalue weighted by Gasteiger charge is -2.20. The van der Waals surface area contributed by atoms with Gasteiger partial charge in [-0.2, -0.15) is 5.10 Å². The highest BCUT2D eigenvalue weighted by Gasteiger charge is 2.10. The van der Waals surface area contributed by atoms with Crippen LogP contribution in [0.2, 0.25) is 0 Å². The zero-order valence-corrected chi connectivity index (χ0v) is 11.1. The van der Waals surface area contributed by atoms with Gasteiger partial charge in [0, 0.05) is 13.1 Å². The second-order valence-corrected chi connectivity index (χ2v) is 4.75. The molecule has 0 bridgehead atoms. The fourth-order valence-electron chi connectivity index (χ4n) is 1.84. The predicted octanol–water partition coefficient (Wildman–Crippen LogP) is 1.14. The van der Waals surface area contributed by atoms with E-state index in [1.165, 1.54) is 0 Å². The molecule has 0 saturated carbocycles. The molecule has 1 rings (SSSR count). The number of rotatable bonds is 8. The maximum absolute atomic E-state index is 9.02. The molecule has 0 aliphatic rings. The molecule has 1 N–H and O–H groups in total. The molecule has 0 amide bonds. The van der Waals surface area contributed by atoms with Crippen LogP contribution in [0.1, 0.15) is 33.0 Å². The molecule has 1 aromatic heterocycles. The Labute approximate surface area is 103 Å². The van der Waals surface area contributed by atoms with Gasteiger partial charge in [0.15, 0.2) is 0 Å². The molecular formula is C12H24N4O. The van der Waals surface area contributed by atoms with E-state index in [0.717, 1.165) is 31.9 Å². The Morgan fingerprint density at radius 2 is 2.18 bits per heavy atom. The Bertz CT molecular complexity index is 305. The van der Waals surface area contributed by atoms with Gasteiger partial charge in [-0.1, -0.05) is 20.8 Å². The highest BCUT2D eigenvalue weighted by molar-refractivity contribution is 4.85. The van der Waals surface area contributed by atoms with Gasteiger partial charge in [-0.3, -0.25) is 4.90 Å². The Hall–Kier alpha value is -0.940. The minimum atomic E-state index is 0.193. The van der Waals surface area contributed by atoms with E-state index in [2.05, 4.69) is 35.8 Å². The standard InChI is InChI=1S/C12H24N4O/c1-4-5-15(6-7-17)9-12-13-10-14-16(12)8-11(2)3/h10-11,17H,4-9H2,1-3H3. The zero-order chi connectivity index (χ0) is 12.7. The van der Waals surface area contributed by atoms with Gasteiger partial charge in [-0.25, -0.2) is 9.67 Å². The molecule has 5 heteroatoms. The normalized spacial score (nSPS) is 11.6. The maximum Gasteiger partial charge on any atom is 0.141 e. The van der Waals surface area contributed by atoms with E-state index in [1.807, 2.05) is 4.68 Å². The highest BCUT2D eigenvalue weighted by Crippen LogP contribution is 2.05. The fraction of sp³-hybridized carbons (Fsp3) is 0.833. The summed E-state index contributed by atoms with van der Waals surface area (Å²) in [6.07, 6.45) is 2.69. The van der Waals surface area contributed by atoms with E-state index < -0.39 is 0 Å². The van der Waals surface area contributed by atoms with Gasteiger partial charge in [-0.15, -0.1) is 0 Å². The van der Waals surface area contributed by atoms with Crippen molar-refractivity contribution in [2.45, 2.75) is 40.3 Å². The first-order valence-electron chi connectivity index (χ1n) is 6.37. The number of aliphatic hydroxyl groups excluding tert-OH is 1. The number of nitrogens with zero attached hydrogens (tertiary/aromatic N) is 4. The molecule has 0 aliphatic carbocycles. The van der Waals surface area contributed by atoms with E-state index in [0.29, 0.717) is 12.5 Å². The van der Waals surface area contributed by atoms with Crippen LogP contribution in [0.3, 0.4) is 0 Å². The van der Waals surface area contributed by atoms with Gasteiger partial charge in [-0.05, 0) is 18.9 Å². The van der Waals surface area contributed by atoms with Gasteiger partial charge < -0.3 is 5.11 Å². The molecule has 0 fully saturated rings. The Morgan fingerprint density at radius 1 is 1.41 bits per heavy atom. The molecule has 1 heterocycles. The second kappa shape index (κ2) is 7.40. The average molecular weight is 240 g/mol. The first-order valence-corrected chi connectivity index (χ1v) is 6.37. The number of aliphatic hydroxyl groups is 1. The summed E-state index contributed by atoms with van der Waals surface area (Å²) in [6.45, 7) is 10.0. The molecule has 0 unspecified atom stereocenters. The molecule has 98 valence electrons. The predicted molar refractivity (Wildman–Crippen MR) is 67.5 cm³/mol. The van der Waals surface area contributed by atoms with Crippen LogP contribution in [0.4, 0.5) is 0 Å². The summed E-state index contributed by atoms with van der Waals surface area (Å²) in [5.41, 5.74) is 0. The largest absolute Gasteiger partial charge is 0.395 e. The summed E-state index contributed by atoms with van der Waals surface area (Å²) >= 11 is 0. The van der Waals surface area contributed by atoms with Crippen molar-refractivity contribution in [3.63, 3.8) is 0 Å². The van der Waals surface area contributed by atoms with Gasteiger partial charge in [0.25, 0.3) is 0 Å². The van der Waals surface area contributed by atoms with Crippen molar-refractivity contribution in [2.24, 2.45) is 5.92 Å². The summed E-state index contributed by atoms with van der Waals surface area (Å²) in [4.78, 5) is 6.51. The molecule has 0 saturated heterocycles. The van der Waals surface area contributed by atoms with E-state index in [-0.39, 0.29) is 6.61 Å². The third kappa shape index (κ3) is 4.83. The molecule has 0 atom stereocenters. The molecule has 17 heavy (non-hydrogen) atoms. The van der Waals surface area contributed by atoms with Crippen molar-refractivity contribution < 1.29 is 5.11 Å². The van der Waals surface area contributed by atoms with Crippen LogP contribution in [-0.2, 0) is 13.1 Å². The quantitative estimate of drug-likeness (QED) is 0.740. The van der Waals surface area contributed by atoms with Crippen LogP contribution in [0.5, 0.6) is 0 Å². The van der Waals surface area contributed by atoms with Crippen LogP contribution in [0, 0.1) is 5.92 Å². The molecule has 0 aliphatic heterocycles. The average Bonchev–Trinajstić information content (AvgIpc) is 2.65. The van der Waals surface area contributed by atoms with E-state index in [4.69, 9.17) is 5.11 Å². The Balaban J connectivity index is 2.61. The fourth-order valence-corrected chi connectivity index (χ4v) is 1.84. The van der Waals surface area contributed by atoms with Crippen LogP contribution in [0.15, 0.2) is 6.33 Å². The first-order chi connectivity index (χ1) is 8.17. The molecule has 0 radical (unpaired) electrons. The first kappa shape index (κ1) is 14.1. The molecule has 1 aromatic rings. The van der Waals surface area contributed by atoms with Crippen LogP contribution in [-0.4, -0.2) is 44.5 Å². The lowest BCUT2D eigenvalue weighted by molar-refractivity contribution is 0.184. The summed E-state index contributed by atoms with van der Waals surface area (Å²) < 4.78 is 1.96. The van der Waals surface area contributed by atoms with Crippen molar-refractivity contribution in [1.29, 1.82) is 0 Å².